The van der Waals surface area contributed by atoms with E-state index in [2.05, 4.69) is 4.98 Å². The summed E-state index contributed by atoms with van der Waals surface area (Å²) in [4.78, 5) is 28.4. The molecule has 37 heavy (non-hydrogen) atoms. The molecule has 0 aliphatic heterocycles. The van der Waals surface area contributed by atoms with Crippen molar-refractivity contribution in [3.05, 3.63) is 87.8 Å². The van der Waals surface area contributed by atoms with Crippen LogP contribution >= 0.6 is 11.6 Å². The zero-order valence-corrected chi connectivity index (χ0v) is 22.2. The molecule has 2 aromatic carbocycles. The molecule has 0 spiro atoms. The average Bonchev–Trinajstić information content (AvgIpc) is 3.43. The zero-order chi connectivity index (χ0) is 26.7. The molecule has 3 N–H and O–H groups in total. The van der Waals surface area contributed by atoms with Crippen LogP contribution in [0, 0.1) is 13.8 Å². The molecule has 194 valence electrons. The zero-order valence-electron chi connectivity index (χ0n) is 20.6. The standard InChI is InChI=1S/C26H27ClN4O5S/c1-16-14-18(15-17(2)23(16)27)36-13-7-9-20-19-8-4-5-10-21(19)28-24(20)26(33)30-37(34,35)29-25(32)22-11-6-12-31(22)3/h4-6,8,10-12,14-15,28H,7,9,13H2,1-3H3,(H,29,32)(H,30,33). The SMILES string of the molecule is Cc1cc(OCCCc2c(C(=O)NS(=O)(=O)NC(=O)c3cccn3C)[nH]c3ccccc23)cc(C)c1Cl. The van der Waals surface area contributed by atoms with Crippen molar-refractivity contribution >= 4 is 44.5 Å². The number of aromatic amines is 1. The molecular formula is C26H27ClN4O5S. The van der Waals surface area contributed by atoms with Crippen molar-refractivity contribution in [2.24, 2.45) is 7.05 Å². The van der Waals surface area contributed by atoms with Crippen LogP contribution in [0.25, 0.3) is 10.9 Å². The van der Waals surface area contributed by atoms with Crippen LogP contribution in [0.1, 0.15) is 44.1 Å². The van der Waals surface area contributed by atoms with Gasteiger partial charge in [-0.1, -0.05) is 29.8 Å². The predicted octanol–water partition coefficient (Wildman–Crippen LogP) is 4.19. The number of H-pyrrole nitrogens is 1. The molecule has 4 aromatic rings. The second kappa shape index (κ2) is 10.7. The first kappa shape index (κ1) is 26.3. The number of amides is 2. The van der Waals surface area contributed by atoms with Gasteiger partial charge in [0.1, 0.15) is 17.1 Å². The lowest BCUT2D eigenvalue weighted by atomic mass is 10.1. The van der Waals surface area contributed by atoms with Crippen LogP contribution in [0.4, 0.5) is 0 Å². The summed E-state index contributed by atoms with van der Waals surface area (Å²) in [6.45, 7) is 4.21. The molecule has 2 heterocycles. The van der Waals surface area contributed by atoms with Crippen LogP contribution in [0.2, 0.25) is 5.02 Å². The number of nitrogens with zero attached hydrogens (tertiary/aromatic N) is 1. The van der Waals surface area contributed by atoms with Crippen molar-refractivity contribution < 1.29 is 22.7 Å². The normalized spacial score (nSPS) is 11.5. The minimum absolute atomic E-state index is 0.107. The van der Waals surface area contributed by atoms with E-state index in [1.807, 2.05) is 53.6 Å². The van der Waals surface area contributed by atoms with E-state index < -0.39 is 22.0 Å². The molecule has 0 aliphatic carbocycles. The first-order chi connectivity index (χ1) is 17.6. The van der Waals surface area contributed by atoms with E-state index >= 15 is 0 Å². The molecule has 0 saturated heterocycles. The van der Waals surface area contributed by atoms with E-state index in [4.69, 9.17) is 16.3 Å². The number of hydrogen-bond acceptors (Lipinski definition) is 5. The van der Waals surface area contributed by atoms with Gasteiger partial charge < -0.3 is 14.3 Å². The molecule has 2 aromatic heterocycles. The number of rotatable bonds is 9. The highest BCUT2D eigenvalue weighted by atomic mass is 35.5. The molecule has 0 saturated carbocycles. The Bertz CT molecular complexity index is 1570. The van der Waals surface area contributed by atoms with E-state index in [1.54, 1.807) is 25.4 Å². The Kier molecular flexibility index (Phi) is 7.60. The van der Waals surface area contributed by atoms with E-state index in [9.17, 15) is 18.0 Å². The fraction of sp³-hybridized carbons (Fsp3) is 0.231. The Morgan fingerprint density at radius 1 is 1.03 bits per heavy atom. The monoisotopic (exact) mass is 542 g/mol. The maximum Gasteiger partial charge on any atom is 0.326 e. The minimum atomic E-state index is -4.47. The molecule has 4 rings (SSSR count). The first-order valence-electron chi connectivity index (χ1n) is 11.6. The number of carbonyl (C=O) groups is 2. The summed E-state index contributed by atoms with van der Waals surface area (Å²) in [7, 11) is -2.86. The number of carbonyl (C=O) groups excluding carboxylic acids is 2. The van der Waals surface area contributed by atoms with Gasteiger partial charge in [-0.3, -0.25) is 9.59 Å². The molecule has 0 fully saturated rings. The number of aromatic nitrogens is 2. The Morgan fingerprint density at radius 3 is 2.38 bits per heavy atom. The largest absolute Gasteiger partial charge is 0.494 e. The third-order valence-corrected chi connectivity index (χ3v) is 7.43. The summed E-state index contributed by atoms with van der Waals surface area (Å²) in [5, 5.41) is 1.51. The van der Waals surface area contributed by atoms with Crippen LogP contribution in [0.5, 0.6) is 5.75 Å². The fourth-order valence-electron chi connectivity index (χ4n) is 4.15. The second-order valence-electron chi connectivity index (χ2n) is 8.72. The van der Waals surface area contributed by atoms with E-state index in [-0.39, 0.29) is 11.4 Å². The van der Waals surface area contributed by atoms with Gasteiger partial charge >= 0.3 is 10.2 Å². The smallest absolute Gasteiger partial charge is 0.326 e. The number of hydrogen-bond donors (Lipinski definition) is 3. The van der Waals surface area contributed by atoms with Crippen molar-refractivity contribution in [3.63, 3.8) is 0 Å². The molecule has 0 unspecified atom stereocenters. The van der Waals surface area contributed by atoms with Crippen LogP contribution in [-0.2, 0) is 23.7 Å². The number of ether oxygens (including phenoxy) is 1. The number of benzene rings is 2. The van der Waals surface area contributed by atoms with Gasteiger partial charge in [0, 0.05) is 29.2 Å². The van der Waals surface area contributed by atoms with Crippen molar-refractivity contribution in [1.29, 1.82) is 0 Å². The van der Waals surface area contributed by atoms with Crippen molar-refractivity contribution in [2.45, 2.75) is 26.7 Å². The molecule has 0 bridgehead atoms. The highest BCUT2D eigenvalue weighted by Crippen LogP contribution is 2.27. The summed E-state index contributed by atoms with van der Waals surface area (Å²) in [5.41, 5.74) is 3.44. The first-order valence-corrected chi connectivity index (χ1v) is 13.4. The summed E-state index contributed by atoms with van der Waals surface area (Å²) in [5.74, 6) is -1.02. The van der Waals surface area contributed by atoms with Crippen LogP contribution in [0.3, 0.4) is 0 Å². The quantitative estimate of drug-likeness (QED) is 0.274. The van der Waals surface area contributed by atoms with Crippen LogP contribution < -0.4 is 14.2 Å². The van der Waals surface area contributed by atoms with Gasteiger partial charge in [-0.25, -0.2) is 9.44 Å². The Balaban J connectivity index is 1.47. The summed E-state index contributed by atoms with van der Waals surface area (Å²) >= 11 is 6.22. The second-order valence-corrected chi connectivity index (χ2v) is 10.5. The number of halogens is 1. The van der Waals surface area contributed by atoms with Crippen molar-refractivity contribution in [1.82, 2.24) is 19.0 Å². The minimum Gasteiger partial charge on any atom is -0.494 e. The third-order valence-electron chi connectivity index (χ3n) is 5.92. The van der Waals surface area contributed by atoms with Gasteiger partial charge in [-0.05, 0) is 73.7 Å². The van der Waals surface area contributed by atoms with Crippen molar-refractivity contribution in [2.75, 3.05) is 6.61 Å². The lowest BCUT2D eigenvalue weighted by Gasteiger charge is -2.11. The van der Waals surface area contributed by atoms with E-state index in [1.165, 1.54) is 10.6 Å². The fourth-order valence-corrected chi connectivity index (χ4v) is 5.01. The van der Waals surface area contributed by atoms with E-state index in [0.29, 0.717) is 41.3 Å². The van der Waals surface area contributed by atoms with Gasteiger partial charge in [-0.15, -0.1) is 0 Å². The Labute approximate surface area is 220 Å². The molecule has 11 heteroatoms. The summed E-state index contributed by atoms with van der Waals surface area (Å²) in [6.07, 6.45) is 2.63. The maximum atomic E-state index is 13.0. The lowest BCUT2D eigenvalue weighted by molar-refractivity contribution is 0.0969. The van der Waals surface area contributed by atoms with Gasteiger partial charge in [-0.2, -0.15) is 8.42 Å². The van der Waals surface area contributed by atoms with Gasteiger partial charge in [0.15, 0.2) is 0 Å². The van der Waals surface area contributed by atoms with Crippen molar-refractivity contribution in [3.8, 4) is 5.75 Å². The van der Waals surface area contributed by atoms with E-state index in [0.717, 1.165) is 16.5 Å². The maximum absolute atomic E-state index is 13.0. The highest BCUT2D eigenvalue weighted by molar-refractivity contribution is 7.88. The number of nitrogens with one attached hydrogen (secondary N) is 3. The number of aryl methyl sites for hydroxylation is 4. The predicted molar refractivity (Wildman–Crippen MR) is 142 cm³/mol. The van der Waals surface area contributed by atoms with Gasteiger partial charge in [0.2, 0.25) is 0 Å². The molecule has 0 aliphatic rings. The third kappa shape index (κ3) is 5.98. The molecule has 2 amide bonds. The topological polar surface area (TPSA) is 122 Å². The summed E-state index contributed by atoms with van der Waals surface area (Å²) < 4.78 is 36.2. The Morgan fingerprint density at radius 2 is 1.70 bits per heavy atom. The van der Waals surface area contributed by atoms with Crippen LogP contribution in [-0.4, -0.2) is 36.4 Å². The average molecular weight is 543 g/mol. The molecular weight excluding hydrogens is 516 g/mol. The highest BCUT2D eigenvalue weighted by Gasteiger charge is 2.24. The van der Waals surface area contributed by atoms with Gasteiger partial charge in [0.05, 0.1) is 6.61 Å². The van der Waals surface area contributed by atoms with Gasteiger partial charge in [0.25, 0.3) is 11.8 Å². The number of para-hydroxylation sites is 1. The molecule has 0 radical (unpaired) electrons. The molecule has 9 nitrogen and oxygen atoms in total. The number of fused-ring (bicyclic) bond motifs is 1. The molecule has 0 atom stereocenters. The summed E-state index contributed by atoms with van der Waals surface area (Å²) in [6, 6.07) is 14.1. The van der Waals surface area contributed by atoms with Crippen LogP contribution in [0.15, 0.2) is 54.7 Å². The Hall–Kier alpha value is -3.76. The lowest BCUT2D eigenvalue weighted by Crippen LogP contribution is -2.43.